The maximum absolute atomic E-state index is 11.3. The first kappa shape index (κ1) is 15.2. The molecule has 24 heavy (non-hydrogen) atoms. The lowest BCUT2D eigenvalue weighted by atomic mass is 10.2. The average molecular weight is 330 g/mol. The fourth-order valence-corrected chi connectivity index (χ4v) is 2.21. The summed E-state index contributed by atoms with van der Waals surface area (Å²) >= 11 is 0. The van der Waals surface area contributed by atoms with E-state index in [1.807, 2.05) is 0 Å². The number of amides is 1. The van der Waals surface area contributed by atoms with E-state index in [0.717, 1.165) is 6.07 Å². The number of fused-ring (bicyclic) bond motifs is 1. The molecule has 10 nitrogen and oxygen atoms in total. The number of hydrogen-bond acceptors (Lipinski definition) is 7. The Labute approximate surface area is 134 Å². The number of nitro groups is 2. The number of non-ortho nitro benzene ring substituents is 1. The van der Waals surface area contributed by atoms with Crippen LogP contribution in [0.4, 0.5) is 28.4 Å². The topological polar surface area (TPSA) is 137 Å². The van der Waals surface area contributed by atoms with Crippen LogP contribution in [0.1, 0.15) is 0 Å². The molecule has 0 saturated carbocycles. The third kappa shape index (κ3) is 2.92. The zero-order valence-corrected chi connectivity index (χ0v) is 12.0. The second-order valence-corrected chi connectivity index (χ2v) is 4.89. The molecule has 0 spiro atoms. The summed E-state index contributed by atoms with van der Waals surface area (Å²) in [7, 11) is 0. The molecular weight excluding hydrogens is 320 g/mol. The lowest BCUT2D eigenvalue weighted by Gasteiger charge is -2.18. The number of nitro benzene ring substituents is 2. The first-order valence-electron chi connectivity index (χ1n) is 6.70. The molecule has 0 fully saturated rings. The van der Waals surface area contributed by atoms with Gasteiger partial charge in [-0.1, -0.05) is 0 Å². The van der Waals surface area contributed by atoms with E-state index in [2.05, 4.69) is 10.6 Å². The average Bonchev–Trinajstić information content (AvgIpc) is 2.54. The van der Waals surface area contributed by atoms with Crippen LogP contribution in [0.25, 0.3) is 0 Å². The van der Waals surface area contributed by atoms with Gasteiger partial charge in [0.15, 0.2) is 6.61 Å². The number of nitrogens with zero attached hydrogens (tertiary/aromatic N) is 2. The molecule has 122 valence electrons. The van der Waals surface area contributed by atoms with Crippen molar-refractivity contribution in [2.45, 2.75) is 0 Å². The van der Waals surface area contributed by atoms with Crippen molar-refractivity contribution in [2.75, 3.05) is 17.2 Å². The molecule has 1 aliphatic heterocycles. The number of rotatable bonds is 4. The molecule has 1 amide bonds. The molecule has 0 atom stereocenters. The summed E-state index contributed by atoms with van der Waals surface area (Å²) in [5.74, 6) is 0.180. The smallest absolute Gasteiger partial charge is 0.299 e. The van der Waals surface area contributed by atoms with Gasteiger partial charge in [-0.05, 0) is 24.3 Å². The van der Waals surface area contributed by atoms with Crippen molar-refractivity contribution in [2.24, 2.45) is 0 Å². The molecule has 1 aliphatic rings. The van der Waals surface area contributed by atoms with Crippen LogP contribution in [0.2, 0.25) is 0 Å². The van der Waals surface area contributed by atoms with E-state index in [1.54, 1.807) is 18.2 Å². The van der Waals surface area contributed by atoms with Gasteiger partial charge in [0.05, 0.1) is 21.6 Å². The molecule has 3 rings (SSSR count). The summed E-state index contributed by atoms with van der Waals surface area (Å²) in [6.45, 7) is -0.0758. The Kier molecular flexibility index (Phi) is 3.70. The largest absolute Gasteiger partial charge is 0.482 e. The van der Waals surface area contributed by atoms with E-state index in [0.29, 0.717) is 17.1 Å². The van der Waals surface area contributed by atoms with Gasteiger partial charge in [0.2, 0.25) is 0 Å². The van der Waals surface area contributed by atoms with E-state index >= 15 is 0 Å². The third-order valence-corrected chi connectivity index (χ3v) is 3.28. The van der Waals surface area contributed by atoms with E-state index in [1.165, 1.54) is 12.1 Å². The summed E-state index contributed by atoms with van der Waals surface area (Å²) in [5, 5.41) is 27.3. The fourth-order valence-electron chi connectivity index (χ4n) is 2.21. The SMILES string of the molecule is O=C1COc2ccc(Nc3ccc([N+](=O)[O-])cc3[N+](=O)[O-])cc2N1. The van der Waals surface area contributed by atoms with Crippen LogP contribution in [-0.4, -0.2) is 22.4 Å². The zero-order valence-electron chi connectivity index (χ0n) is 12.0. The molecule has 0 radical (unpaired) electrons. The van der Waals surface area contributed by atoms with Crippen molar-refractivity contribution >= 4 is 34.3 Å². The maximum Gasteiger partial charge on any atom is 0.299 e. The van der Waals surface area contributed by atoms with E-state index in [9.17, 15) is 25.0 Å². The van der Waals surface area contributed by atoms with Gasteiger partial charge in [-0.3, -0.25) is 25.0 Å². The van der Waals surface area contributed by atoms with Gasteiger partial charge in [0.1, 0.15) is 11.4 Å². The zero-order chi connectivity index (χ0) is 17.3. The Morgan fingerprint density at radius 1 is 1.08 bits per heavy atom. The number of hydrogen-bond donors (Lipinski definition) is 2. The Bertz CT molecular complexity index is 866. The van der Waals surface area contributed by atoms with Gasteiger partial charge in [-0.15, -0.1) is 0 Å². The summed E-state index contributed by atoms with van der Waals surface area (Å²) in [6, 6.07) is 8.07. The highest BCUT2D eigenvalue weighted by Crippen LogP contribution is 2.35. The van der Waals surface area contributed by atoms with Crippen molar-refractivity contribution in [3.8, 4) is 5.75 Å². The number of benzene rings is 2. The maximum atomic E-state index is 11.3. The quantitative estimate of drug-likeness (QED) is 0.649. The second kappa shape index (κ2) is 5.83. The van der Waals surface area contributed by atoms with Crippen LogP contribution in [0.3, 0.4) is 0 Å². The van der Waals surface area contributed by atoms with E-state index in [-0.39, 0.29) is 23.9 Å². The Morgan fingerprint density at radius 3 is 2.58 bits per heavy atom. The van der Waals surface area contributed by atoms with Crippen LogP contribution >= 0.6 is 0 Å². The minimum atomic E-state index is -0.710. The molecule has 0 unspecified atom stereocenters. The van der Waals surface area contributed by atoms with E-state index < -0.39 is 15.5 Å². The lowest BCUT2D eigenvalue weighted by Crippen LogP contribution is -2.25. The molecule has 2 aromatic carbocycles. The number of nitrogens with one attached hydrogen (secondary N) is 2. The highest BCUT2D eigenvalue weighted by atomic mass is 16.6. The summed E-state index contributed by atoms with van der Waals surface area (Å²) in [6.07, 6.45) is 0. The first-order valence-corrected chi connectivity index (χ1v) is 6.70. The van der Waals surface area contributed by atoms with Crippen LogP contribution in [0.15, 0.2) is 36.4 Å². The van der Waals surface area contributed by atoms with Gasteiger partial charge >= 0.3 is 0 Å². The third-order valence-electron chi connectivity index (χ3n) is 3.28. The Hall–Kier alpha value is -3.69. The predicted octanol–water partition coefficient (Wildman–Crippen LogP) is 2.58. The van der Waals surface area contributed by atoms with Gasteiger partial charge < -0.3 is 15.4 Å². The molecule has 2 aromatic rings. The highest BCUT2D eigenvalue weighted by Gasteiger charge is 2.21. The second-order valence-electron chi connectivity index (χ2n) is 4.89. The molecular formula is C14H10N4O6. The molecule has 10 heteroatoms. The Balaban J connectivity index is 1.94. The molecule has 0 saturated heterocycles. The summed E-state index contributed by atoms with van der Waals surface area (Å²) < 4.78 is 5.22. The lowest BCUT2D eigenvalue weighted by molar-refractivity contribution is -0.393. The minimum Gasteiger partial charge on any atom is -0.482 e. The van der Waals surface area contributed by atoms with Gasteiger partial charge in [0.25, 0.3) is 17.3 Å². The van der Waals surface area contributed by atoms with Crippen molar-refractivity contribution in [3.05, 3.63) is 56.6 Å². The highest BCUT2D eigenvalue weighted by molar-refractivity contribution is 5.96. The van der Waals surface area contributed by atoms with Crippen LogP contribution in [0, 0.1) is 20.2 Å². The van der Waals surface area contributed by atoms with Gasteiger partial charge in [0, 0.05) is 11.8 Å². The van der Waals surface area contributed by atoms with Gasteiger partial charge in [-0.25, -0.2) is 0 Å². The van der Waals surface area contributed by atoms with Crippen molar-refractivity contribution < 1.29 is 19.4 Å². The monoisotopic (exact) mass is 330 g/mol. The number of anilines is 3. The van der Waals surface area contributed by atoms with E-state index in [4.69, 9.17) is 4.74 Å². The number of carbonyl (C=O) groups excluding carboxylic acids is 1. The van der Waals surface area contributed by atoms with Crippen LogP contribution < -0.4 is 15.4 Å². The predicted molar refractivity (Wildman–Crippen MR) is 83.6 cm³/mol. The first-order chi connectivity index (χ1) is 11.4. The van der Waals surface area contributed by atoms with Gasteiger partial charge in [-0.2, -0.15) is 0 Å². The summed E-state index contributed by atoms with van der Waals surface area (Å²) in [5.41, 5.74) is 0.173. The molecule has 0 aliphatic carbocycles. The fraction of sp³-hybridized carbons (Fsp3) is 0.0714. The Morgan fingerprint density at radius 2 is 1.88 bits per heavy atom. The minimum absolute atomic E-state index is 0.0758. The normalized spacial score (nSPS) is 12.6. The van der Waals surface area contributed by atoms with Crippen molar-refractivity contribution in [3.63, 3.8) is 0 Å². The molecule has 0 bridgehead atoms. The van der Waals surface area contributed by atoms with Crippen molar-refractivity contribution in [1.29, 1.82) is 0 Å². The van der Waals surface area contributed by atoms with Crippen LogP contribution in [-0.2, 0) is 4.79 Å². The van der Waals surface area contributed by atoms with Crippen LogP contribution in [0.5, 0.6) is 5.75 Å². The molecule has 2 N–H and O–H groups in total. The molecule has 0 aromatic heterocycles. The molecule has 1 heterocycles. The standard InChI is InChI=1S/C14H10N4O6/c19-14-7-24-13-4-1-8(5-11(13)16-14)15-10-3-2-9(17(20)21)6-12(10)18(22)23/h1-6,15H,7H2,(H,16,19). The number of ether oxygens (including phenoxy) is 1. The number of carbonyl (C=O) groups is 1. The summed E-state index contributed by atoms with van der Waals surface area (Å²) in [4.78, 5) is 31.8. The van der Waals surface area contributed by atoms with Crippen molar-refractivity contribution in [1.82, 2.24) is 0 Å².